The molecule has 3 amide bonds. The molecule has 0 fully saturated rings. The van der Waals surface area contributed by atoms with E-state index in [1.54, 1.807) is 35.2 Å². The number of carbonyl (C=O) groups excluding carboxylic acids is 3. The Morgan fingerprint density at radius 3 is 2.19 bits per heavy atom. The number of hydrogen-bond donors (Lipinski definition) is 0. The zero-order valence-corrected chi connectivity index (χ0v) is 11.8. The third-order valence-electron chi connectivity index (χ3n) is 3.93. The van der Waals surface area contributed by atoms with Crippen molar-refractivity contribution in [1.82, 2.24) is 9.80 Å². The maximum atomic E-state index is 12.2. The minimum atomic E-state index is -0.271. The van der Waals surface area contributed by atoms with E-state index in [2.05, 4.69) is 0 Å². The molecular formula is C16H16N2O3. The Morgan fingerprint density at radius 1 is 1.00 bits per heavy atom. The summed E-state index contributed by atoms with van der Waals surface area (Å²) in [5.41, 5.74) is 1.96. The van der Waals surface area contributed by atoms with Gasteiger partial charge in [0.1, 0.15) is 0 Å². The Bertz CT molecular complexity index is 628. The lowest BCUT2D eigenvalue weighted by atomic mass is 10.1. The molecule has 0 saturated heterocycles. The topological polar surface area (TPSA) is 57.7 Å². The molecule has 3 rings (SSSR count). The van der Waals surface area contributed by atoms with Gasteiger partial charge in [0.05, 0.1) is 11.1 Å². The summed E-state index contributed by atoms with van der Waals surface area (Å²) in [5.74, 6) is -0.589. The van der Waals surface area contributed by atoms with E-state index in [0.717, 1.165) is 12.0 Å². The molecule has 0 bridgehead atoms. The van der Waals surface area contributed by atoms with Crippen LogP contribution in [0.1, 0.15) is 34.1 Å². The van der Waals surface area contributed by atoms with Gasteiger partial charge < -0.3 is 4.90 Å². The fraction of sp³-hybridized carbons (Fsp3) is 0.312. The van der Waals surface area contributed by atoms with E-state index in [0.29, 0.717) is 24.2 Å². The van der Waals surface area contributed by atoms with Gasteiger partial charge in [-0.3, -0.25) is 19.3 Å². The molecular weight excluding hydrogens is 268 g/mol. The fourth-order valence-corrected chi connectivity index (χ4v) is 2.68. The monoisotopic (exact) mass is 284 g/mol. The lowest BCUT2D eigenvalue weighted by Gasteiger charge is -2.27. The SMILES string of the molecule is CC1=CC(=O)N(CCN2C(=O)c3ccccc3C2=O)CC1. The fourth-order valence-electron chi connectivity index (χ4n) is 2.68. The summed E-state index contributed by atoms with van der Waals surface area (Å²) in [4.78, 5) is 39.2. The van der Waals surface area contributed by atoms with Crippen molar-refractivity contribution in [3.63, 3.8) is 0 Å². The van der Waals surface area contributed by atoms with Gasteiger partial charge in [0.2, 0.25) is 5.91 Å². The van der Waals surface area contributed by atoms with Crippen molar-refractivity contribution in [3.05, 3.63) is 47.0 Å². The summed E-state index contributed by atoms with van der Waals surface area (Å²) in [7, 11) is 0. The van der Waals surface area contributed by atoms with Crippen LogP contribution in [0, 0.1) is 0 Å². The summed E-state index contributed by atoms with van der Waals surface area (Å²) in [6.07, 6.45) is 2.46. The number of fused-ring (bicyclic) bond motifs is 1. The van der Waals surface area contributed by atoms with Crippen molar-refractivity contribution in [2.45, 2.75) is 13.3 Å². The van der Waals surface area contributed by atoms with Gasteiger partial charge in [0.25, 0.3) is 11.8 Å². The van der Waals surface area contributed by atoms with E-state index in [1.165, 1.54) is 4.90 Å². The van der Waals surface area contributed by atoms with E-state index in [4.69, 9.17) is 0 Å². The highest BCUT2D eigenvalue weighted by atomic mass is 16.2. The number of carbonyl (C=O) groups is 3. The molecule has 0 radical (unpaired) electrons. The molecule has 2 aliphatic rings. The molecule has 2 heterocycles. The Hall–Kier alpha value is -2.43. The van der Waals surface area contributed by atoms with Crippen LogP contribution in [0.3, 0.4) is 0 Å². The summed E-state index contributed by atoms with van der Waals surface area (Å²) in [5, 5.41) is 0. The molecule has 0 unspecified atom stereocenters. The zero-order valence-electron chi connectivity index (χ0n) is 11.8. The molecule has 0 aromatic heterocycles. The van der Waals surface area contributed by atoms with Crippen LogP contribution < -0.4 is 0 Å². The van der Waals surface area contributed by atoms with E-state index in [-0.39, 0.29) is 24.3 Å². The summed E-state index contributed by atoms with van der Waals surface area (Å²) >= 11 is 0. The van der Waals surface area contributed by atoms with Crippen LogP contribution in [0.2, 0.25) is 0 Å². The third kappa shape index (κ3) is 2.35. The molecule has 0 spiro atoms. The van der Waals surface area contributed by atoms with Crippen LogP contribution in [0.15, 0.2) is 35.9 Å². The highest BCUT2D eigenvalue weighted by Crippen LogP contribution is 2.22. The second kappa shape index (κ2) is 5.16. The van der Waals surface area contributed by atoms with Crippen molar-refractivity contribution >= 4 is 17.7 Å². The molecule has 0 N–H and O–H groups in total. The summed E-state index contributed by atoms with van der Waals surface area (Å²) in [6, 6.07) is 6.81. The molecule has 1 aromatic rings. The van der Waals surface area contributed by atoms with Crippen molar-refractivity contribution in [2.75, 3.05) is 19.6 Å². The smallest absolute Gasteiger partial charge is 0.261 e. The molecule has 5 heteroatoms. The predicted octanol–water partition coefficient (Wildman–Crippen LogP) is 1.46. The van der Waals surface area contributed by atoms with Crippen LogP contribution in [0.4, 0.5) is 0 Å². The Labute approximate surface area is 122 Å². The molecule has 0 aliphatic carbocycles. The average Bonchev–Trinajstić information content (AvgIpc) is 2.71. The number of amides is 3. The third-order valence-corrected chi connectivity index (χ3v) is 3.93. The van der Waals surface area contributed by atoms with Gasteiger partial charge in [0.15, 0.2) is 0 Å². The Balaban J connectivity index is 1.69. The van der Waals surface area contributed by atoms with Gasteiger partial charge in [-0.1, -0.05) is 17.7 Å². The highest BCUT2D eigenvalue weighted by Gasteiger charge is 2.35. The van der Waals surface area contributed by atoms with Gasteiger partial charge in [0, 0.05) is 25.7 Å². The quantitative estimate of drug-likeness (QED) is 0.790. The van der Waals surface area contributed by atoms with Crippen LogP contribution in [0.5, 0.6) is 0 Å². The second-order valence-corrected chi connectivity index (χ2v) is 5.37. The largest absolute Gasteiger partial charge is 0.337 e. The van der Waals surface area contributed by atoms with Crippen LogP contribution in [-0.4, -0.2) is 47.2 Å². The second-order valence-electron chi connectivity index (χ2n) is 5.37. The maximum absolute atomic E-state index is 12.2. The molecule has 21 heavy (non-hydrogen) atoms. The Morgan fingerprint density at radius 2 is 1.62 bits per heavy atom. The minimum Gasteiger partial charge on any atom is -0.337 e. The van der Waals surface area contributed by atoms with E-state index >= 15 is 0 Å². The van der Waals surface area contributed by atoms with Crippen LogP contribution >= 0.6 is 0 Å². The summed E-state index contributed by atoms with van der Waals surface area (Å²) in [6.45, 7) is 3.20. The first-order chi connectivity index (χ1) is 10.1. The standard InChI is InChI=1S/C16H16N2O3/c1-11-6-7-17(14(19)10-11)8-9-18-15(20)12-4-2-3-5-13(12)16(18)21/h2-5,10H,6-9H2,1H3. The molecule has 0 atom stereocenters. The zero-order chi connectivity index (χ0) is 15.0. The first kappa shape index (κ1) is 13.5. The normalized spacial score (nSPS) is 18.1. The average molecular weight is 284 g/mol. The van der Waals surface area contributed by atoms with Crippen molar-refractivity contribution in [1.29, 1.82) is 0 Å². The highest BCUT2D eigenvalue weighted by molar-refractivity contribution is 6.21. The van der Waals surface area contributed by atoms with E-state index < -0.39 is 0 Å². The van der Waals surface area contributed by atoms with Crippen LogP contribution in [0.25, 0.3) is 0 Å². The Kier molecular flexibility index (Phi) is 3.33. The molecule has 108 valence electrons. The molecule has 5 nitrogen and oxygen atoms in total. The first-order valence-corrected chi connectivity index (χ1v) is 6.99. The van der Waals surface area contributed by atoms with Crippen molar-refractivity contribution in [3.8, 4) is 0 Å². The van der Waals surface area contributed by atoms with Gasteiger partial charge >= 0.3 is 0 Å². The number of imide groups is 1. The molecule has 1 aromatic carbocycles. The predicted molar refractivity (Wildman–Crippen MR) is 76.8 cm³/mol. The number of rotatable bonds is 3. The van der Waals surface area contributed by atoms with Crippen molar-refractivity contribution in [2.24, 2.45) is 0 Å². The lowest BCUT2D eigenvalue weighted by molar-refractivity contribution is -0.126. The number of hydrogen-bond acceptors (Lipinski definition) is 3. The van der Waals surface area contributed by atoms with E-state index in [1.807, 2.05) is 6.92 Å². The summed E-state index contributed by atoms with van der Waals surface area (Å²) < 4.78 is 0. The minimum absolute atomic E-state index is 0.0460. The van der Waals surface area contributed by atoms with Crippen LogP contribution in [-0.2, 0) is 4.79 Å². The maximum Gasteiger partial charge on any atom is 0.261 e. The van der Waals surface area contributed by atoms with Gasteiger partial charge in [-0.05, 0) is 25.5 Å². The lowest BCUT2D eigenvalue weighted by Crippen LogP contribution is -2.42. The molecule has 0 saturated carbocycles. The number of benzene rings is 1. The van der Waals surface area contributed by atoms with E-state index in [9.17, 15) is 14.4 Å². The van der Waals surface area contributed by atoms with Crippen molar-refractivity contribution < 1.29 is 14.4 Å². The molecule has 2 aliphatic heterocycles. The van der Waals surface area contributed by atoms with Gasteiger partial charge in [-0.2, -0.15) is 0 Å². The number of nitrogens with zero attached hydrogens (tertiary/aromatic N) is 2. The van der Waals surface area contributed by atoms with Gasteiger partial charge in [-0.15, -0.1) is 0 Å². The van der Waals surface area contributed by atoms with Gasteiger partial charge in [-0.25, -0.2) is 0 Å². The first-order valence-electron chi connectivity index (χ1n) is 6.99.